The van der Waals surface area contributed by atoms with Crippen molar-refractivity contribution in [2.45, 2.75) is 6.10 Å². The van der Waals surface area contributed by atoms with Gasteiger partial charge in [-0.1, -0.05) is 5.16 Å². The van der Waals surface area contributed by atoms with Crippen molar-refractivity contribution in [3.8, 4) is 0 Å². The molecule has 0 aliphatic carbocycles. The summed E-state index contributed by atoms with van der Waals surface area (Å²) in [5.74, 6) is -1.65. The van der Waals surface area contributed by atoms with Crippen molar-refractivity contribution in [2.24, 2.45) is 0 Å². The van der Waals surface area contributed by atoms with Gasteiger partial charge in [0.05, 0.1) is 6.54 Å². The molecule has 2 N–H and O–H groups in total. The van der Waals surface area contributed by atoms with Crippen LogP contribution in [0.15, 0.2) is 16.9 Å². The predicted octanol–water partition coefficient (Wildman–Crippen LogP) is -0.496. The lowest BCUT2D eigenvalue weighted by molar-refractivity contribution is -0.148. The number of amides is 1. The van der Waals surface area contributed by atoms with E-state index < -0.39 is 18.0 Å². The number of methoxy groups -OCH3 is 1. The number of aromatic nitrogens is 1. The summed E-state index contributed by atoms with van der Waals surface area (Å²) in [4.78, 5) is 21.8. The Bertz CT molecular complexity index is 335. The normalized spacial score (nSPS) is 12.1. The van der Waals surface area contributed by atoms with Crippen molar-refractivity contribution in [2.75, 3.05) is 13.7 Å². The highest BCUT2D eigenvalue weighted by Crippen LogP contribution is 1.94. The molecule has 0 aromatic carbocycles. The second-order valence-corrected chi connectivity index (χ2v) is 2.66. The van der Waals surface area contributed by atoms with Crippen molar-refractivity contribution in [3.05, 3.63) is 18.0 Å². The van der Waals surface area contributed by atoms with Crippen LogP contribution >= 0.6 is 0 Å². The Labute approximate surface area is 85.0 Å². The molecule has 0 radical (unpaired) electrons. The molecule has 0 aliphatic rings. The molecule has 0 spiro atoms. The lowest BCUT2D eigenvalue weighted by Gasteiger charge is -2.10. The maximum absolute atomic E-state index is 11.3. The Morgan fingerprint density at radius 2 is 2.47 bits per heavy atom. The van der Waals surface area contributed by atoms with E-state index in [1.54, 1.807) is 0 Å². The van der Waals surface area contributed by atoms with Crippen LogP contribution in [0, 0.1) is 0 Å². The largest absolute Gasteiger partial charge is 0.479 e. The van der Waals surface area contributed by atoms with Crippen LogP contribution in [-0.2, 0) is 9.53 Å². The second-order valence-electron chi connectivity index (χ2n) is 2.66. The molecule has 1 aromatic rings. The molecule has 0 bridgehead atoms. The van der Waals surface area contributed by atoms with E-state index in [9.17, 15) is 9.59 Å². The van der Waals surface area contributed by atoms with E-state index in [-0.39, 0.29) is 12.2 Å². The van der Waals surface area contributed by atoms with Gasteiger partial charge in [0.1, 0.15) is 6.26 Å². The summed E-state index contributed by atoms with van der Waals surface area (Å²) in [7, 11) is 1.25. The van der Waals surface area contributed by atoms with Gasteiger partial charge in [0, 0.05) is 13.2 Å². The molecule has 1 heterocycles. The maximum Gasteiger partial charge on any atom is 0.334 e. The zero-order valence-corrected chi connectivity index (χ0v) is 7.97. The number of carbonyl (C=O) groups excluding carboxylic acids is 1. The summed E-state index contributed by atoms with van der Waals surface area (Å²) in [6.45, 7) is -0.127. The van der Waals surface area contributed by atoms with E-state index in [1.165, 1.54) is 19.4 Å². The Kier molecular flexibility index (Phi) is 3.81. The van der Waals surface area contributed by atoms with Gasteiger partial charge in [0.2, 0.25) is 0 Å². The number of ether oxygens (including phenoxy) is 1. The standard InChI is InChI=1S/C8H10N2O5/c1-14-6(8(12)13)4-9-7(11)5-2-3-15-10-5/h2-3,6H,4H2,1H3,(H,9,11)(H,12,13). The summed E-state index contributed by atoms with van der Waals surface area (Å²) in [5, 5.41) is 14.3. The van der Waals surface area contributed by atoms with Crippen molar-refractivity contribution in [1.82, 2.24) is 10.5 Å². The highest BCUT2D eigenvalue weighted by molar-refractivity contribution is 5.92. The van der Waals surface area contributed by atoms with Crippen LogP contribution in [0.4, 0.5) is 0 Å². The van der Waals surface area contributed by atoms with Crippen molar-refractivity contribution < 1.29 is 24.0 Å². The number of hydrogen-bond donors (Lipinski definition) is 2. The van der Waals surface area contributed by atoms with E-state index >= 15 is 0 Å². The molecule has 1 rings (SSSR count). The molecule has 1 aromatic heterocycles. The minimum atomic E-state index is -1.14. The molecule has 0 aliphatic heterocycles. The Morgan fingerprint density at radius 1 is 1.73 bits per heavy atom. The Hall–Kier alpha value is -1.89. The molecule has 1 unspecified atom stereocenters. The highest BCUT2D eigenvalue weighted by Gasteiger charge is 2.18. The van der Waals surface area contributed by atoms with Crippen LogP contribution in [0.5, 0.6) is 0 Å². The second kappa shape index (κ2) is 5.11. The average Bonchev–Trinajstić information content (AvgIpc) is 2.70. The molecule has 1 atom stereocenters. The van der Waals surface area contributed by atoms with Gasteiger partial charge in [0.15, 0.2) is 11.8 Å². The van der Waals surface area contributed by atoms with E-state index in [1.807, 2.05) is 0 Å². The van der Waals surface area contributed by atoms with Crippen molar-refractivity contribution >= 4 is 11.9 Å². The van der Waals surface area contributed by atoms with Gasteiger partial charge in [-0.15, -0.1) is 0 Å². The minimum absolute atomic E-state index is 0.0928. The van der Waals surface area contributed by atoms with Gasteiger partial charge in [-0.05, 0) is 0 Å². The van der Waals surface area contributed by atoms with Gasteiger partial charge >= 0.3 is 5.97 Å². The summed E-state index contributed by atoms with van der Waals surface area (Å²) >= 11 is 0. The smallest absolute Gasteiger partial charge is 0.334 e. The number of carboxylic acids is 1. The number of nitrogens with one attached hydrogen (secondary N) is 1. The predicted molar refractivity (Wildman–Crippen MR) is 47.3 cm³/mol. The first-order chi connectivity index (χ1) is 7.15. The molecule has 0 saturated carbocycles. The molecule has 15 heavy (non-hydrogen) atoms. The average molecular weight is 214 g/mol. The number of nitrogens with zero attached hydrogens (tertiary/aromatic N) is 1. The zero-order valence-electron chi connectivity index (χ0n) is 7.97. The minimum Gasteiger partial charge on any atom is -0.479 e. The zero-order chi connectivity index (χ0) is 11.3. The van der Waals surface area contributed by atoms with E-state index in [0.717, 1.165) is 0 Å². The maximum atomic E-state index is 11.3. The first-order valence-corrected chi connectivity index (χ1v) is 4.09. The van der Waals surface area contributed by atoms with Crippen LogP contribution in [0.1, 0.15) is 10.5 Å². The summed E-state index contributed by atoms with van der Waals surface area (Å²) in [5.41, 5.74) is 0.0928. The number of aliphatic carboxylic acids is 1. The molecule has 1 amide bonds. The van der Waals surface area contributed by atoms with Gasteiger partial charge in [-0.25, -0.2) is 4.79 Å². The third-order valence-corrected chi connectivity index (χ3v) is 1.68. The molecular formula is C8H10N2O5. The lowest BCUT2D eigenvalue weighted by atomic mass is 10.3. The summed E-state index contributed by atoms with van der Waals surface area (Å²) in [6, 6.07) is 1.37. The Balaban J connectivity index is 2.43. The highest BCUT2D eigenvalue weighted by atomic mass is 16.5. The Morgan fingerprint density at radius 3 is 2.93 bits per heavy atom. The quantitative estimate of drug-likeness (QED) is 0.685. The molecule has 82 valence electrons. The van der Waals surface area contributed by atoms with Gasteiger partial charge in [-0.3, -0.25) is 4.79 Å². The van der Waals surface area contributed by atoms with Crippen LogP contribution in [0.3, 0.4) is 0 Å². The number of hydrogen-bond acceptors (Lipinski definition) is 5. The first-order valence-electron chi connectivity index (χ1n) is 4.09. The molecule has 0 fully saturated rings. The topological polar surface area (TPSA) is 102 Å². The van der Waals surface area contributed by atoms with Crippen molar-refractivity contribution in [1.29, 1.82) is 0 Å². The fourth-order valence-electron chi connectivity index (χ4n) is 0.877. The summed E-state index contributed by atoms with van der Waals surface area (Å²) in [6.07, 6.45) is 0.181. The summed E-state index contributed by atoms with van der Waals surface area (Å²) < 4.78 is 9.08. The van der Waals surface area contributed by atoms with Crippen LogP contribution in [-0.4, -0.2) is 41.9 Å². The van der Waals surface area contributed by atoms with Crippen LogP contribution in [0.2, 0.25) is 0 Å². The van der Waals surface area contributed by atoms with Crippen molar-refractivity contribution in [3.63, 3.8) is 0 Å². The van der Waals surface area contributed by atoms with E-state index in [2.05, 4.69) is 19.7 Å². The molecule has 0 saturated heterocycles. The van der Waals surface area contributed by atoms with Crippen LogP contribution < -0.4 is 5.32 Å². The molecular weight excluding hydrogens is 204 g/mol. The van der Waals surface area contributed by atoms with Gasteiger partial charge in [0.25, 0.3) is 5.91 Å². The first kappa shape index (κ1) is 11.2. The van der Waals surface area contributed by atoms with E-state index in [4.69, 9.17) is 5.11 Å². The fraction of sp³-hybridized carbons (Fsp3) is 0.375. The number of rotatable bonds is 5. The van der Waals surface area contributed by atoms with Gasteiger partial charge in [-0.2, -0.15) is 0 Å². The number of carbonyl (C=O) groups is 2. The van der Waals surface area contributed by atoms with Crippen LogP contribution in [0.25, 0.3) is 0 Å². The molecule has 7 nitrogen and oxygen atoms in total. The third kappa shape index (κ3) is 3.06. The van der Waals surface area contributed by atoms with Gasteiger partial charge < -0.3 is 19.7 Å². The third-order valence-electron chi connectivity index (χ3n) is 1.68. The monoisotopic (exact) mass is 214 g/mol. The van der Waals surface area contributed by atoms with E-state index in [0.29, 0.717) is 0 Å². The number of carboxylic acid groups (broad SMARTS) is 1. The SMILES string of the molecule is COC(CNC(=O)c1ccon1)C(=O)O. The lowest BCUT2D eigenvalue weighted by Crippen LogP contribution is -2.37. The molecule has 7 heteroatoms. The fourth-order valence-corrected chi connectivity index (χ4v) is 0.877.